The van der Waals surface area contributed by atoms with Crippen molar-refractivity contribution in [1.29, 1.82) is 0 Å². The Hall–Kier alpha value is -2.16. The van der Waals surface area contributed by atoms with Gasteiger partial charge in [0.1, 0.15) is 17.0 Å². The molecule has 0 aromatic rings. The van der Waals surface area contributed by atoms with Gasteiger partial charge in [-0.2, -0.15) is 0 Å². The van der Waals surface area contributed by atoms with E-state index >= 15 is 0 Å². The molecule has 9 heteroatoms. The number of nitrogens with zero attached hydrogens (tertiary/aromatic N) is 1. The number of carbonyl (C=O) groups excluding carboxylic acids is 3. The number of Topliss-reactive ketones (excluding diaryl/α,β-unsaturated/α-hetero) is 1. The molecule has 0 bridgehead atoms. The molecule has 162 valence electrons. The third-order valence-corrected chi connectivity index (χ3v) is 3.19. The molecular weight excluding hydrogens is 364 g/mol. The lowest BCUT2D eigenvalue weighted by atomic mass is 10.0. The van der Waals surface area contributed by atoms with Gasteiger partial charge in [0.15, 0.2) is 0 Å². The van der Waals surface area contributed by atoms with Crippen molar-refractivity contribution in [1.82, 2.24) is 10.6 Å². The van der Waals surface area contributed by atoms with E-state index in [0.29, 0.717) is 32.2 Å². The number of unbranched alkanes of at least 4 members (excludes halogenated alkanes) is 1. The zero-order valence-corrected chi connectivity index (χ0v) is 18.2. The van der Waals surface area contributed by atoms with Gasteiger partial charge in [-0.05, 0) is 60.8 Å². The van der Waals surface area contributed by atoms with Crippen LogP contribution in [0.1, 0.15) is 74.1 Å². The second-order valence-electron chi connectivity index (χ2n) is 8.41. The molecule has 1 atom stereocenters. The van der Waals surface area contributed by atoms with E-state index in [0.717, 1.165) is 0 Å². The van der Waals surface area contributed by atoms with Crippen LogP contribution >= 0.6 is 0 Å². The van der Waals surface area contributed by atoms with Crippen molar-refractivity contribution in [3.63, 3.8) is 0 Å². The van der Waals surface area contributed by atoms with Crippen LogP contribution in [0.2, 0.25) is 0 Å². The summed E-state index contributed by atoms with van der Waals surface area (Å²) in [6, 6.07) is -0.465. The van der Waals surface area contributed by atoms with Crippen molar-refractivity contribution in [3.8, 4) is 0 Å². The highest BCUT2D eigenvalue weighted by molar-refractivity contribution is 6.01. The number of hydrogen-bond acceptors (Lipinski definition) is 7. The number of nitrogens with two attached hydrogens (primary N) is 1. The molecule has 0 spiro atoms. The van der Waals surface area contributed by atoms with Crippen LogP contribution in [0.3, 0.4) is 0 Å². The SMILES string of the molecule is CCC(=O)[C@@H](N)CCCCN=C(NC(=O)OC(C)(C)C)NC(=O)OC(C)(C)C. The summed E-state index contributed by atoms with van der Waals surface area (Å²) >= 11 is 0. The summed E-state index contributed by atoms with van der Waals surface area (Å²) in [5.74, 6) is -0.0280. The Bertz CT molecular complexity index is 530. The Morgan fingerprint density at radius 1 is 0.929 bits per heavy atom. The maximum Gasteiger partial charge on any atom is 0.414 e. The van der Waals surface area contributed by atoms with E-state index in [1.165, 1.54) is 0 Å². The summed E-state index contributed by atoms with van der Waals surface area (Å²) in [7, 11) is 0. The van der Waals surface area contributed by atoms with E-state index in [1.807, 2.05) is 0 Å². The van der Waals surface area contributed by atoms with Gasteiger partial charge in [-0.25, -0.2) is 9.59 Å². The molecule has 0 aromatic heterocycles. The fourth-order valence-electron chi connectivity index (χ4n) is 2.00. The summed E-state index contributed by atoms with van der Waals surface area (Å²) < 4.78 is 10.3. The first-order valence-corrected chi connectivity index (χ1v) is 9.56. The van der Waals surface area contributed by atoms with Crippen molar-refractivity contribution >= 4 is 23.9 Å². The largest absolute Gasteiger partial charge is 0.444 e. The average molecular weight is 401 g/mol. The lowest BCUT2D eigenvalue weighted by Gasteiger charge is -2.22. The predicted octanol–water partition coefficient (Wildman–Crippen LogP) is 2.87. The molecule has 0 saturated carbocycles. The van der Waals surface area contributed by atoms with Crippen LogP contribution < -0.4 is 16.4 Å². The number of nitrogens with one attached hydrogen (secondary N) is 2. The van der Waals surface area contributed by atoms with Crippen molar-refractivity contribution in [2.45, 2.75) is 91.4 Å². The molecule has 28 heavy (non-hydrogen) atoms. The quantitative estimate of drug-likeness (QED) is 0.342. The number of alkyl carbamates (subject to hydrolysis) is 2. The zero-order chi connectivity index (χ0) is 22.0. The number of ketones is 1. The highest BCUT2D eigenvalue weighted by atomic mass is 16.6. The number of rotatable bonds is 7. The number of guanidine groups is 1. The zero-order valence-electron chi connectivity index (χ0n) is 18.2. The Morgan fingerprint density at radius 3 is 1.79 bits per heavy atom. The van der Waals surface area contributed by atoms with Crippen molar-refractivity contribution in [2.75, 3.05) is 6.54 Å². The number of aliphatic imine (C=N–C) groups is 1. The van der Waals surface area contributed by atoms with Gasteiger partial charge in [-0.1, -0.05) is 6.92 Å². The second kappa shape index (κ2) is 11.6. The third-order valence-electron chi connectivity index (χ3n) is 3.19. The van der Waals surface area contributed by atoms with E-state index in [2.05, 4.69) is 15.6 Å². The molecule has 2 amide bonds. The van der Waals surface area contributed by atoms with Crippen LogP contribution in [0.25, 0.3) is 0 Å². The minimum absolute atomic E-state index is 0.0300. The first-order valence-electron chi connectivity index (χ1n) is 9.56. The molecule has 0 rings (SSSR count). The standard InChI is InChI=1S/C19H36N4O5/c1-8-14(24)13(20)11-9-10-12-21-15(22-16(25)27-18(2,3)4)23-17(26)28-19(5,6)7/h13H,8-12,20H2,1-7H3,(H2,21,22,23,25,26)/t13-/m0/s1. The summed E-state index contributed by atoms with van der Waals surface area (Å²) in [6.07, 6.45) is 0.846. The van der Waals surface area contributed by atoms with Gasteiger partial charge >= 0.3 is 12.2 Å². The first kappa shape index (κ1) is 25.8. The highest BCUT2D eigenvalue weighted by Gasteiger charge is 2.21. The Kier molecular flexibility index (Phi) is 10.7. The van der Waals surface area contributed by atoms with Crippen LogP contribution in [-0.4, -0.2) is 47.7 Å². The van der Waals surface area contributed by atoms with Crippen LogP contribution in [0.4, 0.5) is 9.59 Å². The highest BCUT2D eigenvalue weighted by Crippen LogP contribution is 2.08. The van der Waals surface area contributed by atoms with Gasteiger partial charge in [0.2, 0.25) is 5.96 Å². The Labute approximate surface area is 167 Å². The molecule has 0 unspecified atom stereocenters. The van der Waals surface area contributed by atoms with Crippen molar-refractivity contribution in [3.05, 3.63) is 0 Å². The molecule has 4 N–H and O–H groups in total. The second-order valence-corrected chi connectivity index (χ2v) is 8.41. The Balaban J connectivity index is 4.78. The fourth-order valence-corrected chi connectivity index (χ4v) is 2.00. The van der Waals surface area contributed by atoms with Gasteiger partial charge < -0.3 is 15.2 Å². The minimum atomic E-state index is -0.738. The first-order chi connectivity index (χ1) is 12.7. The summed E-state index contributed by atoms with van der Waals surface area (Å²) in [4.78, 5) is 39.6. The van der Waals surface area contributed by atoms with Crippen LogP contribution in [0.15, 0.2) is 4.99 Å². The smallest absolute Gasteiger partial charge is 0.414 e. The predicted molar refractivity (Wildman–Crippen MR) is 108 cm³/mol. The lowest BCUT2D eigenvalue weighted by Crippen LogP contribution is -2.47. The topological polar surface area (TPSA) is 132 Å². The number of ether oxygens (including phenoxy) is 2. The lowest BCUT2D eigenvalue weighted by molar-refractivity contribution is -0.120. The summed E-state index contributed by atoms with van der Waals surface area (Å²) in [5.41, 5.74) is 4.40. The van der Waals surface area contributed by atoms with Gasteiger partial charge in [0.05, 0.1) is 6.04 Å². The van der Waals surface area contributed by atoms with Crippen LogP contribution in [0.5, 0.6) is 0 Å². The molecule has 9 nitrogen and oxygen atoms in total. The molecule has 0 aromatic carbocycles. The maximum atomic E-state index is 12.0. The van der Waals surface area contributed by atoms with E-state index in [-0.39, 0.29) is 11.7 Å². The summed E-state index contributed by atoms with van der Waals surface area (Å²) in [6.45, 7) is 12.5. The number of carbonyl (C=O) groups is 3. The monoisotopic (exact) mass is 400 g/mol. The van der Waals surface area contributed by atoms with Gasteiger partial charge in [0.25, 0.3) is 0 Å². The van der Waals surface area contributed by atoms with Gasteiger partial charge in [-0.3, -0.25) is 20.4 Å². The summed E-state index contributed by atoms with van der Waals surface area (Å²) in [5, 5.41) is 4.83. The molecule has 0 aliphatic carbocycles. The molecular formula is C19H36N4O5. The fraction of sp³-hybridized carbons (Fsp3) is 0.789. The van der Waals surface area contributed by atoms with Crippen molar-refractivity contribution < 1.29 is 23.9 Å². The van der Waals surface area contributed by atoms with E-state index in [4.69, 9.17) is 15.2 Å². The molecule has 0 aliphatic heterocycles. The molecule has 0 heterocycles. The molecule has 0 saturated heterocycles. The van der Waals surface area contributed by atoms with Gasteiger partial charge in [-0.15, -0.1) is 0 Å². The number of amides is 2. The molecule has 0 fully saturated rings. The normalized spacial score (nSPS) is 12.6. The average Bonchev–Trinajstić information content (AvgIpc) is 2.49. The van der Waals surface area contributed by atoms with E-state index in [1.54, 1.807) is 48.5 Å². The molecule has 0 radical (unpaired) electrons. The van der Waals surface area contributed by atoms with Gasteiger partial charge in [0, 0.05) is 13.0 Å². The van der Waals surface area contributed by atoms with E-state index < -0.39 is 29.4 Å². The van der Waals surface area contributed by atoms with Crippen molar-refractivity contribution in [2.24, 2.45) is 10.7 Å². The van der Waals surface area contributed by atoms with Crippen LogP contribution in [0, 0.1) is 0 Å². The Morgan fingerprint density at radius 2 is 1.39 bits per heavy atom. The maximum absolute atomic E-state index is 12.0. The van der Waals surface area contributed by atoms with Crippen LogP contribution in [-0.2, 0) is 14.3 Å². The third kappa shape index (κ3) is 14.0. The van der Waals surface area contributed by atoms with E-state index in [9.17, 15) is 14.4 Å². The minimum Gasteiger partial charge on any atom is -0.444 e. The molecule has 0 aliphatic rings. The number of hydrogen-bond donors (Lipinski definition) is 3.